The summed E-state index contributed by atoms with van der Waals surface area (Å²) in [6, 6.07) is 8.29. The largest absolute Gasteiger partial charge is 0.477 e. The summed E-state index contributed by atoms with van der Waals surface area (Å²) in [5.41, 5.74) is -0.676. The zero-order valence-electron chi connectivity index (χ0n) is 11.1. The normalized spacial score (nSPS) is 12.2. The third kappa shape index (κ3) is 4.35. The Hall–Kier alpha value is -1.92. The Morgan fingerprint density at radius 2 is 1.89 bits per heavy atom. The molecule has 0 heterocycles. The van der Waals surface area contributed by atoms with Crippen LogP contribution in [0.5, 0.6) is 0 Å². The Bertz CT molecular complexity index is 497. The highest BCUT2D eigenvalue weighted by molar-refractivity contribution is 6.23. The SMILES string of the molecule is CC(C)(NC=C(C(=O)O)C(=O)c1ccccc1)O[SiH3]. The molecule has 102 valence electrons. The average molecular weight is 279 g/mol. The molecule has 0 unspecified atom stereocenters. The first-order chi connectivity index (χ1) is 8.87. The minimum atomic E-state index is -1.27. The fourth-order valence-corrected chi connectivity index (χ4v) is 1.39. The predicted molar refractivity (Wildman–Crippen MR) is 74.7 cm³/mol. The molecule has 19 heavy (non-hydrogen) atoms. The number of hydrogen-bond donors (Lipinski definition) is 2. The van der Waals surface area contributed by atoms with Gasteiger partial charge in [-0.25, -0.2) is 4.79 Å². The molecule has 0 radical (unpaired) electrons. The third-order valence-electron chi connectivity index (χ3n) is 2.59. The van der Waals surface area contributed by atoms with Gasteiger partial charge in [0.1, 0.15) is 21.8 Å². The molecule has 0 aromatic heterocycles. The van der Waals surface area contributed by atoms with Crippen LogP contribution < -0.4 is 5.32 Å². The highest BCUT2D eigenvalue weighted by Crippen LogP contribution is 2.09. The maximum Gasteiger partial charge on any atom is 0.341 e. The minimum absolute atomic E-state index is 0.321. The fraction of sp³-hybridized carbons (Fsp3) is 0.231. The van der Waals surface area contributed by atoms with Crippen LogP contribution in [0.1, 0.15) is 24.2 Å². The first kappa shape index (κ1) is 15.1. The summed E-state index contributed by atoms with van der Waals surface area (Å²) in [5, 5.41) is 11.9. The molecule has 0 saturated carbocycles. The highest BCUT2D eigenvalue weighted by atomic mass is 28.2. The summed E-state index contributed by atoms with van der Waals surface area (Å²) in [6.07, 6.45) is 1.19. The van der Waals surface area contributed by atoms with E-state index in [4.69, 9.17) is 9.53 Å². The van der Waals surface area contributed by atoms with Crippen LogP contribution in [0.2, 0.25) is 0 Å². The predicted octanol–water partition coefficient (Wildman–Crippen LogP) is 0.460. The molecule has 6 heteroatoms. The molecule has 0 saturated heterocycles. The van der Waals surface area contributed by atoms with Crippen LogP contribution in [0, 0.1) is 0 Å². The minimum Gasteiger partial charge on any atom is -0.477 e. The van der Waals surface area contributed by atoms with E-state index in [0.717, 1.165) is 0 Å². The number of carbonyl (C=O) groups excluding carboxylic acids is 1. The van der Waals surface area contributed by atoms with Gasteiger partial charge in [0.25, 0.3) is 0 Å². The second kappa shape index (κ2) is 6.30. The lowest BCUT2D eigenvalue weighted by atomic mass is 10.0. The van der Waals surface area contributed by atoms with Gasteiger partial charge >= 0.3 is 5.97 Å². The second-order valence-corrected chi connectivity index (χ2v) is 4.83. The number of ketones is 1. The number of Topliss-reactive ketones (excluding diaryl/α,β-unsaturated/α-hetero) is 1. The van der Waals surface area contributed by atoms with Gasteiger partial charge in [-0.3, -0.25) is 4.79 Å². The van der Waals surface area contributed by atoms with Gasteiger partial charge in [0.15, 0.2) is 0 Å². The lowest BCUT2D eigenvalue weighted by molar-refractivity contribution is -0.132. The number of hydrogen-bond acceptors (Lipinski definition) is 4. The van der Waals surface area contributed by atoms with Crippen LogP contribution in [-0.4, -0.2) is 33.1 Å². The quantitative estimate of drug-likeness (QED) is 0.198. The number of carboxylic acid groups (broad SMARTS) is 1. The van der Waals surface area contributed by atoms with Crippen LogP contribution in [-0.2, 0) is 9.22 Å². The van der Waals surface area contributed by atoms with E-state index >= 15 is 0 Å². The van der Waals surface area contributed by atoms with Crippen molar-refractivity contribution in [2.75, 3.05) is 0 Å². The topological polar surface area (TPSA) is 75.6 Å². The third-order valence-corrected chi connectivity index (χ3v) is 3.61. The molecule has 0 amide bonds. The van der Waals surface area contributed by atoms with Crippen molar-refractivity contribution in [3.63, 3.8) is 0 Å². The molecule has 0 aliphatic rings. The zero-order chi connectivity index (χ0) is 14.5. The molecule has 0 aliphatic carbocycles. The number of carbonyl (C=O) groups is 2. The van der Waals surface area contributed by atoms with Crippen LogP contribution in [0.25, 0.3) is 0 Å². The van der Waals surface area contributed by atoms with Crippen molar-refractivity contribution < 1.29 is 19.1 Å². The van der Waals surface area contributed by atoms with Gasteiger partial charge in [0.05, 0.1) is 0 Å². The molecule has 0 fully saturated rings. The van der Waals surface area contributed by atoms with Gasteiger partial charge in [-0.2, -0.15) is 0 Å². The van der Waals surface area contributed by atoms with E-state index in [1.165, 1.54) is 6.20 Å². The summed E-state index contributed by atoms with van der Waals surface area (Å²) in [5.74, 6) is -1.81. The Kier molecular flexibility index (Phi) is 5.02. The molecule has 2 N–H and O–H groups in total. The second-order valence-electron chi connectivity index (χ2n) is 4.42. The smallest absolute Gasteiger partial charge is 0.341 e. The van der Waals surface area contributed by atoms with Crippen molar-refractivity contribution in [2.45, 2.75) is 19.6 Å². The summed E-state index contributed by atoms with van der Waals surface area (Å²) in [4.78, 5) is 23.2. The van der Waals surface area contributed by atoms with Crippen molar-refractivity contribution in [1.29, 1.82) is 0 Å². The molecule has 5 nitrogen and oxygen atoms in total. The molecular formula is C13H17NO4Si. The van der Waals surface area contributed by atoms with E-state index in [2.05, 4.69) is 5.32 Å². The molecule has 1 aromatic rings. The first-order valence-electron chi connectivity index (χ1n) is 5.73. The van der Waals surface area contributed by atoms with Crippen molar-refractivity contribution in [3.8, 4) is 0 Å². The monoisotopic (exact) mass is 279 g/mol. The Balaban J connectivity index is 2.99. The van der Waals surface area contributed by atoms with E-state index in [9.17, 15) is 9.59 Å². The summed E-state index contributed by atoms with van der Waals surface area (Å²) >= 11 is 0. The standard InChI is InChI=1S/C13H17NO4Si/c1-13(2,18-19)14-8-10(12(16)17)11(15)9-6-4-3-5-7-9/h3-8,14H,1-2,19H3,(H,16,17). The van der Waals surface area contributed by atoms with Gasteiger partial charge in [-0.1, -0.05) is 30.3 Å². The molecule has 0 bridgehead atoms. The van der Waals surface area contributed by atoms with Crippen molar-refractivity contribution in [1.82, 2.24) is 5.32 Å². The fourth-order valence-electron chi connectivity index (χ4n) is 1.27. The lowest BCUT2D eigenvalue weighted by Gasteiger charge is -2.24. The van der Waals surface area contributed by atoms with Crippen LogP contribution in [0.4, 0.5) is 0 Å². The molecular weight excluding hydrogens is 262 g/mol. The zero-order valence-corrected chi connectivity index (χ0v) is 13.1. The van der Waals surface area contributed by atoms with Gasteiger partial charge in [0, 0.05) is 11.8 Å². The Morgan fingerprint density at radius 1 is 1.32 bits per heavy atom. The van der Waals surface area contributed by atoms with Crippen LogP contribution in [0.15, 0.2) is 42.1 Å². The molecule has 0 aliphatic heterocycles. The maximum absolute atomic E-state index is 12.1. The van der Waals surface area contributed by atoms with Gasteiger partial charge in [-0.15, -0.1) is 0 Å². The van der Waals surface area contributed by atoms with E-state index in [1.54, 1.807) is 44.2 Å². The Labute approximate surface area is 114 Å². The van der Waals surface area contributed by atoms with Gasteiger partial charge < -0.3 is 14.8 Å². The highest BCUT2D eigenvalue weighted by Gasteiger charge is 2.21. The summed E-state index contributed by atoms with van der Waals surface area (Å²) < 4.78 is 5.23. The number of rotatable bonds is 6. The summed E-state index contributed by atoms with van der Waals surface area (Å²) in [7, 11) is 0.502. The van der Waals surface area contributed by atoms with Crippen molar-refractivity contribution in [2.24, 2.45) is 0 Å². The van der Waals surface area contributed by atoms with Crippen LogP contribution >= 0.6 is 0 Å². The molecule has 1 rings (SSSR count). The summed E-state index contributed by atoms with van der Waals surface area (Å²) in [6.45, 7) is 3.51. The lowest BCUT2D eigenvalue weighted by Crippen LogP contribution is -2.38. The molecule has 0 atom stereocenters. The number of benzene rings is 1. The van der Waals surface area contributed by atoms with Crippen molar-refractivity contribution in [3.05, 3.63) is 47.7 Å². The van der Waals surface area contributed by atoms with Gasteiger partial charge in [0.2, 0.25) is 5.78 Å². The molecule has 1 aromatic carbocycles. The number of nitrogens with one attached hydrogen (secondary N) is 1. The van der Waals surface area contributed by atoms with Crippen molar-refractivity contribution >= 4 is 22.2 Å². The number of aliphatic carboxylic acids is 1. The van der Waals surface area contributed by atoms with E-state index < -0.39 is 17.5 Å². The van der Waals surface area contributed by atoms with Gasteiger partial charge in [-0.05, 0) is 13.8 Å². The average Bonchev–Trinajstić information content (AvgIpc) is 2.39. The Morgan fingerprint density at radius 3 is 2.37 bits per heavy atom. The van der Waals surface area contributed by atoms with E-state index in [1.807, 2.05) is 0 Å². The van der Waals surface area contributed by atoms with E-state index in [-0.39, 0.29) is 5.57 Å². The number of carboxylic acids is 1. The molecule has 0 spiro atoms. The maximum atomic E-state index is 12.1. The first-order valence-corrected chi connectivity index (χ1v) is 6.55. The van der Waals surface area contributed by atoms with Crippen LogP contribution in [0.3, 0.4) is 0 Å². The van der Waals surface area contributed by atoms with E-state index in [0.29, 0.717) is 16.0 Å².